The van der Waals surface area contributed by atoms with Gasteiger partial charge in [0.05, 0.1) is 26.3 Å². The highest BCUT2D eigenvalue weighted by Crippen LogP contribution is 2.31. The maximum absolute atomic E-state index is 12.4. The Hall–Kier alpha value is -2.86. The zero-order valence-corrected chi connectivity index (χ0v) is 15.7. The van der Waals surface area contributed by atoms with Gasteiger partial charge in [0, 0.05) is 22.2 Å². The Morgan fingerprint density at radius 3 is 2.50 bits per heavy atom. The Bertz CT molecular complexity index is 907. The molecule has 3 rings (SSSR count). The second kappa shape index (κ2) is 8.01. The average Bonchev–Trinajstić information content (AvgIpc) is 3.02. The molecule has 2 aromatic carbocycles. The number of anilines is 1. The van der Waals surface area contributed by atoms with E-state index in [1.54, 1.807) is 43.8 Å². The van der Waals surface area contributed by atoms with Gasteiger partial charge in [-0.25, -0.2) is 4.98 Å². The molecular formula is C20H20N2O3S. The highest BCUT2D eigenvalue weighted by molar-refractivity contribution is 7.15. The summed E-state index contributed by atoms with van der Waals surface area (Å²) in [5, 5.41) is 3.82. The van der Waals surface area contributed by atoms with Crippen LogP contribution in [0.4, 0.5) is 5.69 Å². The van der Waals surface area contributed by atoms with Gasteiger partial charge in [0.25, 0.3) is 0 Å². The van der Waals surface area contributed by atoms with Crippen molar-refractivity contribution in [2.45, 2.75) is 13.3 Å². The van der Waals surface area contributed by atoms with Gasteiger partial charge in [-0.3, -0.25) is 4.79 Å². The van der Waals surface area contributed by atoms with E-state index in [9.17, 15) is 4.79 Å². The Morgan fingerprint density at radius 2 is 1.81 bits per heavy atom. The van der Waals surface area contributed by atoms with E-state index in [2.05, 4.69) is 10.3 Å². The van der Waals surface area contributed by atoms with Crippen molar-refractivity contribution in [2.75, 3.05) is 19.5 Å². The van der Waals surface area contributed by atoms with Gasteiger partial charge < -0.3 is 14.8 Å². The Kier molecular flexibility index (Phi) is 5.53. The lowest BCUT2D eigenvalue weighted by atomic mass is 10.2. The maximum atomic E-state index is 12.4. The molecule has 134 valence electrons. The van der Waals surface area contributed by atoms with Gasteiger partial charge in [0.2, 0.25) is 5.91 Å². The molecule has 3 aromatic rings. The number of nitrogens with one attached hydrogen (secondary N) is 1. The van der Waals surface area contributed by atoms with Crippen LogP contribution < -0.4 is 14.8 Å². The number of nitrogens with zero attached hydrogens (tertiary/aromatic N) is 1. The molecule has 0 bridgehead atoms. The first kappa shape index (κ1) is 17.9. The summed E-state index contributed by atoms with van der Waals surface area (Å²) in [7, 11) is 3.14. The number of methoxy groups -OCH3 is 2. The lowest BCUT2D eigenvalue weighted by Gasteiger charge is -2.10. The summed E-state index contributed by atoms with van der Waals surface area (Å²) >= 11 is 1.55. The number of aryl methyl sites for hydroxylation is 1. The Labute approximate surface area is 156 Å². The molecule has 1 aromatic heterocycles. The lowest BCUT2D eigenvalue weighted by Crippen LogP contribution is -2.14. The number of thiazole rings is 1. The average molecular weight is 368 g/mol. The summed E-state index contributed by atoms with van der Waals surface area (Å²) in [4.78, 5) is 18.0. The monoisotopic (exact) mass is 368 g/mol. The number of amides is 1. The van der Waals surface area contributed by atoms with Gasteiger partial charge in [0.1, 0.15) is 5.01 Å². The van der Waals surface area contributed by atoms with E-state index in [1.807, 2.05) is 37.3 Å². The molecule has 1 heterocycles. The first-order valence-corrected chi connectivity index (χ1v) is 8.96. The van der Waals surface area contributed by atoms with Crippen molar-refractivity contribution in [3.8, 4) is 22.1 Å². The molecule has 0 spiro atoms. The van der Waals surface area contributed by atoms with Crippen LogP contribution in [0.25, 0.3) is 10.6 Å². The molecule has 0 saturated carbocycles. The number of rotatable bonds is 6. The topological polar surface area (TPSA) is 60.5 Å². The lowest BCUT2D eigenvalue weighted by molar-refractivity contribution is -0.115. The second-order valence-electron chi connectivity index (χ2n) is 5.69. The summed E-state index contributed by atoms with van der Waals surface area (Å²) in [5.41, 5.74) is 2.61. The summed E-state index contributed by atoms with van der Waals surface area (Å²) in [6, 6.07) is 15.3. The smallest absolute Gasteiger partial charge is 0.229 e. The van der Waals surface area contributed by atoms with Crippen molar-refractivity contribution in [2.24, 2.45) is 0 Å². The molecule has 6 heteroatoms. The van der Waals surface area contributed by atoms with Gasteiger partial charge in [-0.2, -0.15) is 0 Å². The van der Waals surface area contributed by atoms with Crippen LogP contribution >= 0.6 is 11.3 Å². The summed E-state index contributed by atoms with van der Waals surface area (Å²) in [6.07, 6.45) is 0.282. The van der Waals surface area contributed by atoms with E-state index in [1.165, 1.54) is 0 Å². The molecule has 0 fully saturated rings. The molecule has 1 N–H and O–H groups in total. The highest BCUT2D eigenvalue weighted by Gasteiger charge is 2.14. The van der Waals surface area contributed by atoms with E-state index >= 15 is 0 Å². The molecule has 0 radical (unpaired) electrons. The zero-order valence-electron chi connectivity index (χ0n) is 14.9. The second-order valence-corrected chi connectivity index (χ2v) is 6.77. The largest absolute Gasteiger partial charge is 0.493 e. The van der Waals surface area contributed by atoms with Crippen molar-refractivity contribution in [1.82, 2.24) is 4.98 Å². The van der Waals surface area contributed by atoms with Crippen LogP contribution in [0.1, 0.15) is 10.6 Å². The minimum absolute atomic E-state index is 0.0939. The molecule has 0 atom stereocenters. The molecule has 0 aliphatic rings. The number of ether oxygens (including phenoxy) is 2. The third-order valence-corrected chi connectivity index (χ3v) is 5.11. The van der Waals surface area contributed by atoms with Crippen LogP contribution in [0.3, 0.4) is 0 Å². The quantitative estimate of drug-likeness (QED) is 0.704. The molecule has 1 amide bonds. The number of hydrogen-bond acceptors (Lipinski definition) is 5. The molecule has 0 aliphatic heterocycles. The van der Waals surface area contributed by atoms with Gasteiger partial charge in [0.15, 0.2) is 11.5 Å². The van der Waals surface area contributed by atoms with E-state index in [0.29, 0.717) is 17.2 Å². The zero-order chi connectivity index (χ0) is 18.5. The SMILES string of the molecule is COc1ccc(NC(=O)Cc2sc(-c3ccccc3)nc2C)cc1OC. The fourth-order valence-corrected chi connectivity index (χ4v) is 3.63. The molecule has 0 unspecified atom stereocenters. The fraction of sp³-hybridized carbons (Fsp3) is 0.200. The van der Waals surface area contributed by atoms with Crippen molar-refractivity contribution in [3.63, 3.8) is 0 Å². The number of carbonyl (C=O) groups excluding carboxylic acids is 1. The molecule has 0 saturated heterocycles. The highest BCUT2D eigenvalue weighted by atomic mass is 32.1. The number of aromatic nitrogens is 1. The third kappa shape index (κ3) is 4.03. The van der Waals surface area contributed by atoms with Crippen LogP contribution in [0.5, 0.6) is 11.5 Å². The minimum atomic E-state index is -0.0939. The van der Waals surface area contributed by atoms with E-state index in [0.717, 1.165) is 21.1 Å². The summed E-state index contributed by atoms with van der Waals surface area (Å²) < 4.78 is 10.5. The molecule has 0 aliphatic carbocycles. The van der Waals surface area contributed by atoms with Crippen LogP contribution in [0, 0.1) is 6.92 Å². The van der Waals surface area contributed by atoms with Crippen LogP contribution in [0.15, 0.2) is 48.5 Å². The van der Waals surface area contributed by atoms with E-state index in [-0.39, 0.29) is 12.3 Å². The Morgan fingerprint density at radius 1 is 1.08 bits per heavy atom. The molecule has 5 nitrogen and oxygen atoms in total. The minimum Gasteiger partial charge on any atom is -0.493 e. The van der Waals surface area contributed by atoms with Gasteiger partial charge in [-0.05, 0) is 19.1 Å². The standard InChI is InChI=1S/C20H20N2O3S/c1-13-18(26-20(21-13)14-7-5-4-6-8-14)12-19(23)22-15-9-10-16(24-2)17(11-15)25-3/h4-11H,12H2,1-3H3,(H,22,23). The van der Waals surface area contributed by atoms with Crippen molar-refractivity contribution >= 4 is 22.9 Å². The predicted molar refractivity (Wildman–Crippen MR) is 104 cm³/mol. The van der Waals surface area contributed by atoms with E-state index in [4.69, 9.17) is 9.47 Å². The fourth-order valence-electron chi connectivity index (χ4n) is 2.56. The van der Waals surface area contributed by atoms with Crippen LogP contribution in [0.2, 0.25) is 0 Å². The summed E-state index contributed by atoms with van der Waals surface area (Å²) in [6.45, 7) is 1.93. The van der Waals surface area contributed by atoms with Crippen LogP contribution in [-0.2, 0) is 11.2 Å². The van der Waals surface area contributed by atoms with Gasteiger partial charge >= 0.3 is 0 Å². The Balaban J connectivity index is 1.72. The van der Waals surface area contributed by atoms with Crippen LogP contribution in [-0.4, -0.2) is 25.1 Å². The maximum Gasteiger partial charge on any atom is 0.229 e. The van der Waals surface area contributed by atoms with Gasteiger partial charge in [-0.15, -0.1) is 11.3 Å². The normalized spacial score (nSPS) is 10.4. The third-order valence-electron chi connectivity index (χ3n) is 3.90. The van der Waals surface area contributed by atoms with Crippen molar-refractivity contribution in [3.05, 3.63) is 59.1 Å². The predicted octanol–water partition coefficient (Wildman–Crippen LogP) is 4.32. The first-order chi connectivity index (χ1) is 12.6. The van der Waals surface area contributed by atoms with Crippen molar-refractivity contribution < 1.29 is 14.3 Å². The van der Waals surface area contributed by atoms with Gasteiger partial charge in [-0.1, -0.05) is 30.3 Å². The van der Waals surface area contributed by atoms with Crippen molar-refractivity contribution in [1.29, 1.82) is 0 Å². The number of benzene rings is 2. The number of hydrogen-bond donors (Lipinski definition) is 1. The molecule has 26 heavy (non-hydrogen) atoms. The van der Waals surface area contributed by atoms with E-state index < -0.39 is 0 Å². The molecular weight excluding hydrogens is 348 g/mol. The first-order valence-electron chi connectivity index (χ1n) is 8.14. The summed E-state index contributed by atoms with van der Waals surface area (Å²) in [5.74, 6) is 1.10. The number of carbonyl (C=O) groups is 1.